The fourth-order valence-electron chi connectivity index (χ4n) is 1.52. The van der Waals surface area contributed by atoms with Crippen LogP contribution in [0.3, 0.4) is 0 Å². The molecule has 1 N–H and O–H groups in total. The Balaban J connectivity index is 2.73. The first-order valence-electron chi connectivity index (χ1n) is 5.33. The van der Waals surface area contributed by atoms with E-state index in [1.165, 1.54) is 6.07 Å². The van der Waals surface area contributed by atoms with Crippen molar-refractivity contribution in [2.45, 2.75) is 26.4 Å². The summed E-state index contributed by atoms with van der Waals surface area (Å²) in [5.74, 6) is -0.399. The average Bonchev–Trinajstić information content (AvgIpc) is 2.22. The number of hydrogen-bond acceptors (Lipinski definition) is 2. The van der Waals surface area contributed by atoms with E-state index in [0.29, 0.717) is 19.1 Å². The van der Waals surface area contributed by atoms with E-state index in [9.17, 15) is 4.39 Å². The second kappa shape index (κ2) is 6.18. The Labute approximate surface area is 101 Å². The summed E-state index contributed by atoms with van der Waals surface area (Å²) >= 11 is 5.71. The van der Waals surface area contributed by atoms with Gasteiger partial charge in [-0.05, 0) is 31.5 Å². The molecule has 0 atom stereocenters. The Morgan fingerprint density at radius 2 is 2.12 bits per heavy atom. The van der Waals surface area contributed by atoms with Gasteiger partial charge >= 0.3 is 0 Å². The molecule has 0 aliphatic carbocycles. The van der Waals surface area contributed by atoms with Gasteiger partial charge in [-0.2, -0.15) is 0 Å². The summed E-state index contributed by atoms with van der Waals surface area (Å²) < 4.78 is 13.0. The van der Waals surface area contributed by atoms with Gasteiger partial charge in [0, 0.05) is 19.1 Å². The third-order valence-corrected chi connectivity index (χ3v) is 2.78. The molecule has 0 aliphatic rings. The molecule has 0 spiro atoms. The second-order valence-electron chi connectivity index (χ2n) is 4.04. The SMILES string of the molecule is CC(C)N(CCO)Cc1ccc(F)c(Cl)c1. The first kappa shape index (κ1) is 13.4. The number of rotatable bonds is 5. The van der Waals surface area contributed by atoms with Crippen LogP contribution in [0.1, 0.15) is 19.4 Å². The highest BCUT2D eigenvalue weighted by Gasteiger charge is 2.10. The van der Waals surface area contributed by atoms with Gasteiger partial charge in [-0.1, -0.05) is 17.7 Å². The summed E-state index contributed by atoms with van der Waals surface area (Å²) in [4.78, 5) is 2.10. The van der Waals surface area contributed by atoms with Crippen LogP contribution in [0.15, 0.2) is 18.2 Å². The van der Waals surface area contributed by atoms with Gasteiger partial charge in [-0.3, -0.25) is 4.90 Å². The minimum atomic E-state index is -0.399. The molecule has 0 radical (unpaired) electrons. The molecule has 16 heavy (non-hydrogen) atoms. The van der Waals surface area contributed by atoms with Crippen LogP contribution in [0.25, 0.3) is 0 Å². The molecule has 0 saturated carbocycles. The van der Waals surface area contributed by atoms with Gasteiger partial charge in [0.05, 0.1) is 11.6 Å². The molecule has 0 aromatic heterocycles. The van der Waals surface area contributed by atoms with Crippen molar-refractivity contribution >= 4 is 11.6 Å². The van der Waals surface area contributed by atoms with Gasteiger partial charge in [-0.15, -0.1) is 0 Å². The molecule has 0 fully saturated rings. The van der Waals surface area contributed by atoms with Gasteiger partial charge in [0.1, 0.15) is 5.82 Å². The van der Waals surface area contributed by atoms with E-state index < -0.39 is 5.82 Å². The minimum absolute atomic E-state index is 0.118. The maximum absolute atomic E-state index is 13.0. The zero-order valence-electron chi connectivity index (χ0n) is 9.58. The van der Waals surface area contributed by atoms with Crippen LogP contribution < -0.4 is 0 Å². The Bertz CT molecular complexity index is 344. The van der Waals surface area contributed by atoms with Crippen LogP contribution in [0.5, 0.6) is 0 Å². The Kier molecular flexibility index (Phi) is 5.19. The predicted octanol–water partition coefficient (Wildman–Crippen LogP) is 2.68. The molecule has 4 heteroatoms. The van der Waals surface area contributed by atoms with Crippen LogP contribution in [0.2, 0.25) is 5.02 Å². The monoisotopic (exact) mass is 245 g/mol. The highest BCUT2D eigenvalue weighted by Crippen LogP contribution is 2.17. The number of aliphatic hydroxyl groups excluding tert-OH is 1. The molecule has 1 aromatic carbocycles. The van der Waals surface area contributed by atoms with E-state index in [1.54, 1.807) is 12.1 Å². The smallest absolute Gasteiger partial charge is 0.141 e. The summed E-state index contributed by atoms with van der Waals surface area (Å²) in [6, 6.07) is 5.04. The summed E-state index contributed by atoms with van der Waals surface area (Å²) in [6.45, 7) is 5.50. The largest absolute Gasteiger partial charge is 0.395 e. The molecule has 0 heterocycles. The van der Waals surface area contributed by atoms with E-state index >= 15 is 0 Å². The fourth-order valence-corrected chi connectivity index (χ4v) is 1.72. The summed E-state index contributed by atoms with van der Waals surface area (Å²) in [5.41, 5.74) is 0.952. The predicted molar refractivity (Wildman–Crippen MR) is 64.0 cm³/mol. The lowest BCUT2D eigenvalue weighted by Crippen LogP contribution is -2.32. The molecule has 0 amide bonds. The Morgan fingerprint density at radius 1 is 1.44 bits per heavy atom. The molecule has 90 valence electrons. The molecular formula is C12H17ClFNO. The number of aliphatic hydroxyl groups is 1. The normalized spacial score (nSPS) is 11.4. The van der Waals surface area contributed by atoms with Crippen molar-refractivity contribution in [2.24, 2.45) is 0 Å². The number of halogens is 2. The molecule has 0 saturated heterocycles. The summed E-state index contributed by atoms with van der Waals surface area (Å²) in [6.07, 6.45) is 0. The lowest BCUT2D eigenvalue weighted by molar-refractivity contribution is 0.159. The molecule has 2 nitrogen and oxygen atoms in total. The Hall–Kier alpha value is -0.640. The fraction of sp³-hybridized carbons (Fsp3) is 0.500. The van der Waals surface area contributed by atoms with E-state index in [-0.39, 0.29) is 11.6 Å². The molecule has 0 bridgehead atoms. The highest BCUT2D eigenvalue weighted by atomic mass is 35.5. The second-order valence-corrected chi connectivity index (χ2v) is 4.44. The molecular weight excluding hydrogens is 229 g/mol. The van der Waals surface area contributed by atoms with Gasteiger partial charge in [0.2, 0.25) is 0 Å². The third kappa shape index (κ3) is 3.74. The minimum Gasteiger partial charge on any atom is -0.395 e. The van der Waals surface area contributed by atoms with E-state index in [1.807, 2.05) is 0 Å². The van der Waals surface area contributed by atoms with Crippen LogP contribution in [-0.2, 0) is 6.54 Å². The number of nitrogens with zero attached hydrogens (tertiary/aromatic N) is 1. The van der Waals surface area contributed by atoms with Crippen LogP contribution >= 0.6 is 11.6 Å². The molecule has 0 aliphatic heterocycles. The summed E-state index contributed by atoms with van der Waals surface area (Å²) in [7, 11) is 0. The number of benzene rings is 1. The average molecular weight is 246 g/mol. The van der Waals surface area contributed by atoms with Crippen molar-refractivity contribution in [3.63, 3.8) is 0 Å². The molecule has 1 aromatic rings. The quantitative estimate of drug-likeness (QED) is 0.862. The van der Waals surface area contributed by atoms with E-state index in [4.69, 9.17) is 16.7 Å². The Morgan fingerprint density at radius 3 is 2.62 bits per heavy atom. The standard InChI is InChI=1S/C12H17ClFNO/c1-9(2)15(5-6-16)8-10-3-4-12(14)11(13)7-10/h3-4,7,9,16H,5-6,8H2,1-2H3. The van der Waals surface area contributed by atoms with Crippen molar-refractivity contribution < 1.29 is 9.50 Å². The van der Waals surface area contributed by atoms with Crippen LogP contribution in [0.4, 0.5) is 4.39 Å². The first-order chi connectivity index (χ1) is 7.54. The zero-order valence-corrected chi connectivity index (χ0v) is 10.3. The first-order valence-corrected chi connectivity index (χ1v) is 5.71. The highest BCUT2D eigenvalue weighted by molar-refractivity contribution is 6.30. The van der Waals surface area contributed by atoms with Gasteiger partial charge < -0.3 is 5.11 Å². The lowest BCUT2D eigenvalue weighted by Gasteiger charge is -2.25. The van der Waals surface area contributed by atoms with Crippen molar-refractivity contribution in [3.8, 4) is 0 Å². The van der Waals surface area contributed by atoms with Crippen molar-refractivity contribution in [2.75, 3.05) is 13.2 Å². The van der Waals surface area contributed by atoms with Crippen molar-refractivity contribution in [3.05, 3.63) is 34.6 Å². The van der Waals surface area contributed by atoms with E-state index in [0.717, 1.165) is 5.56 Å². The van der Waals surface area contributed by atoms with Gasteiger partial charge in [0.15, 0.2) is 0 Å². The van der Waals surface area contributed by atoms with Crippen molar-refractivity contribution in [1.29, 1.82) is 0 Å². The van der Waals surface area contributed by atoms with E-state index in [2.05, 4.69) is 18.7 Å². The van der Waals surface area contributed by atoms with Gasteiger partial charge in [-0.25, -0.2) is 4.39 Å². The van der Waals surface area contributed by atoms with Gasteiger partial charge in [0.25, 0.3) is 0 Å². The molecule has 0 unspecified atom stereocenters. The zero-order chi connectivity index (χ0) is 12.1. The number of hydrogen-bond donors (Lipinski definition) is 1. The summed E-state index contributed by atoms with van der Waals surface area (Å²) in [5, 5.41) is 9.08. The lowest BCUT2D eigenvalue weighted by atomic mass is 10.2. The van der Waals surface area contributed by atoms with Crippen molar-refractivity contribution in [1.82, 2.24) is 4.90 Å². The van der Waals surface area contributed by atoms with Crippen LogP contribution in [-0.4, -0.2) is 29.2 Å². The maximum Gasteiger partial charge on any atom is 0.141 e. The van der Waals surface area contributed by atoms with Crippen LogP contribution in [0, 0.1) is 5.82 Å². The third-order valence-electron chi connectivity index (χ3n) is 2.49. The molecule has 1 rings (SSSR count). The maximum atomic E-state index is 13.0. The topological polar surface area (TPSA) is 23.5 Å².